The number of aryl methyl sites for hydroxylation is 3. The van der Waals surface area contributed by atoms with Crippen molar-refractivity contribution in [3.8, 4) is 0 Å². The molecule has 3 aromatic rings. The van der Waals surface area contributed by atoms with Crippen molar-refractivity contribution in [3.05, 3.63) is 57.7 Å². The number of hydrogen-bond acceptors (Lipinski definition) is 5. The summed E-state index contributed by atoms with van der Waals surface area (Å²) in [4.78, 5) is 24.1. The van der Waals surface area contributed by atoms with Gasteiger partial charge in [0.15, 0.2) is 0 Å². The standard InChI is InChI=1S/C19H22N4O4/c1-11-8-18(24)27-17-7-12(2)14(9-13(11)17)21-19(25)22-15(10-26-4)16-5-6-20-23(16)3/h5-9,15H,10H2,1-4H3,(H2,21,22,25)/t15-/m0/s1. The molecule has 2 amide bonds. The minimum absolute atomic E-state index is 0.313. The summed E-state index contributed by atoms with van der Waals surface area (Å²) in [5, 5.41) is 10.7. The van der Waals surface area contributed by atoms with E-state index in [-0.39, 0.29) is 12.1 Å². The number of nitrogens with zero attached hydrogens (tertiary/aromatic N) is 2. The average Bonchev–Trinajstić information content (AvgIpc) is 3.01. The summed E-state index contributed by atoms with van der Waals surface area (Å²) in [7, 11) is 3.38. The number of carbonyl (C=O) groups excluding carboxylic acids is 1. The number of rotatable bonds is 5. The van der Waals surface area contributed by atoms with Gasteiger partial charge in [0.05, 0.1) is 18.3 Å². The van der Waals surface area contributed by atoms with Crippen molar-refractivity contribution >= 4 is 22.7 Å². The van der Waals surface area contributed by atoms with E-state index >= 15 is 0 Å². The molecule has 0 saturated heterocycles. The summed E-state index contributed by atoms with van der Waals surface area (Å²) < 4.78 is 12.1. The zero-order valence-corrected chi connectivity index (χ0v) is 15.7. The number of aromatic nitrogens is 2. The molecule has 2 aromatic heterocycles. The molecule has 0 unspecified atom stereocenters. The normalized spacial score (nSPS) is 12.1. The van der Waals surface area contributed by atoms with Gasteiger partial charge in [-0.05, 0) is 43.2 Å². The molecule has 0 spiro atoms. The van der Waals surface area contributed by atoms with E-state index in [0.717, 1.165) is 22.2 Å². The molecule has 27 heavy (non-hydrogen) atoms. The Morgan fingerprint density at radius 2 is 2.07 bits per heavy atom. The Hall–Kier alpha value is -3.13. The molecular weight excluding hydrogens is 348 g/mol. The molecule has 1 atom stereocenters. The molecule has 0 bridgehead atoms. The van der Waals surface area contributed by atoms with E-state index in [1.54, 1.807) is 30.1 Å². The molecule has 0 fully saturated rings. The first kappa shape index (κ1) is 18.7. The van der Waals surface area contributed by atoms with Gasteiger partial charge in [-0.25, -0.2) is 9.59 Å². The maximum Gasteiger partial charge on any atom is 0.336 e. The van der Waals surface area contributed by atoms with Crippen LogP contribution in [0.3, 0.4) is 0 Å². The van der Waals surface area contributed by atoms with E-state index in [1.165, 1.54) is 6.07 Å². The highest BCUT2D eigenvalue weighted by molar-refractivity contribution is 5.94. The molecule has 1 aromatic carbocycles. The van der Waals surface area contributed by atoms with Crippen LogP contribution in [0.2, 0.25) is 0 Å². The zero-order valence-electron chi connectivity index (χ0n) is 15.7. The van der Waals surface area contributed by atoms with Crippen molar-refractivity contribution in [1.82, 2.24) is 15.1 Å². The quantitative estimate of drug-likeness (QED) is 0.673. The fourth-order valence-corrected chi connectivity index (χ4v) is 3.01. The molecule has 2 N–H and O–H groups in total. The third-order valence-electron chi connectivity index (χ3n) is 4.40. The minimum Gasteiger partial charge on any atom is -0.423 e. The topological polar surface area (TPSA) is 98.4 Å². The summed E-state index contributed by atoms with van der Waals surface area (Å²) >= 11 is 0. The van der Waals surface area contributed by atoms with Gasteiger partial charge in [-0.2, -0.15) is 5.10 Å². The third-order valence-corrected chi connectivity index (χ3v) is 4.40. The van der Waals surface area contributed by atoms with Crippen LogP contribution in [0.1, 0.15) is 22.9 Å². The maximum atomic E-state index is 12.6. The average molecular weight is 370 g/mol. The summed E-state index contributed by atoms with van der Waals surface area (Å²) in [6.45, 7) is 3.98. The van der Waals surface area contributed by atoms with Crippen LogP contribution in [0.15, 0.2) is 39.7 Å². The summed E-state index contributed by atoms with van der Waals surface area (Å²) in [5.41, 5.74) is 3.15. The number of anilines is 1. The number of benzene rings is 1. The lowest BCUT2D eigenvalue weighted by molar-refractivity contribution is 0.165. The van der Waals surface area contributed by atoms with Crippen molar-refractivity contribution in [1.29, 1.82) is 0 Å². The summed E-state index contributed by atoms with van der Waals surface area (Å²) in [5.74, 6) is 0. The predicted octanol–water partition coefficient (Wildman–Crippen LogP) is 2.65. The van der Waals surface area contributed by atoms with Crippen LogP contribution in [0.25, 0.3) is 11.0 Å². The number of methoxy groups -OCH3 is 1. The first-order valence-corrected chi connectivity index (χ1v) is 8.48. The van der Waals surface area contributed by atoms with Gasteiger partial charge in [0.2, 0.25) is 0 Å². The molecule has 8 heteroatoms. The van der Waals surface area contributed by atoms with Gasteiger partial charge in [-0.15, -0.1) is 0 Å². The number of urea groups is 1. The van der Waals surface area contributed by atoms with Crippen LogP contribution < -0.4 is 16.3 Å². The molecule has 8 nitrogen and oxygen atoms in total. The fourth-order valence-electron chi connectivity index (χ4n) is 3.01. The van der Waals surface area contributed by atoms with Crippen molar-refractivity contribution < 1.29 is 13.9 Å². The highest BCUT2D eigenvalue weighted by Gasteiger charge is 2.18. The number of ether oxygens (including phenoxy) is 1. The van der Waals surface area contributed by atoms with Gasteiger partial charge < -0.3 is 19.8 Å². The highest BCUT2D eigenvalue weighted by atomic mass is 16.5. The van der Waals surface area contributed by atoms with Crippen LogP contribution in [-0.2, 0) is 11.8 Å². The van der Waals surface area contributed by atoms with Gasteiger partial charge in [-0.1, -0.05) is 0 Å². The lowest BCUT2D eigenvalue weighted by atomic mass is 10.1. The molecule has 0 aliphatic carbocycles. The first-order valence-electron chi connectivity index (χ1n) is 8.48. The van der Waals surface area contributed by atoms with Crippen LogP contribution in [0.4, 0.5) is 10.5 Å². The Morgan fingerprint density at radius 3 is 2.74 bits per heavy atom. The van der Waals surface area contributed by atoms with Gasteiger partial charge in [0.1, 0.15) is 5.58 Å². The number of carbonyl (C=O) groups is 1. The number of nitrogens with one attached hydrogen (secondary N) is 2. The molecule has 0 radical (unpaired) electrons. The van der Waals surface area contributed by atoms with Crippen LogP contribution in [0.5, 0.6) is 0 Å². The largest absolute Gasteiger partial charge is 0.423 e. The van der Waals surface area contributed by atoms with E-state index < -0.39 is 5.63 Å². The van der Waals surface area contributed by atoms with E-state index in [1.807, 2.05) is 27.0 Å². The number of fused-ring (bicyclic) bond motifs is 1. The van der Waals surface area contributed by atoms with Crippen LogP contribution >= 0.6 is 0 Å². The zero-order chi connectivity index (χ0) is 19.6. The van der Waals surface area contributed by atoms with Crippen molar-refractivity contribution in [2.45, 2.75) is 19.9 Å². The molecule has 0 aliphatic heterocycles. The van der Waals surface area contributed by atoms with Gasteiger partial charge in [-0.3, -0.25) is 4.68 Å². The van der Waals surface area contributed by atoms with Crippen LogP contribution in [-0.4, -0.2) is 29.5 Å². The van der Waals surface area contributed by atoms with Crippen molar-refractivity contribution in [2.75, 3.05) is 19.0 Å². The lowest BCUT2D eigenvalue weighted by Gasteiger charge is -2.19. The molecule has 0 aliphatic rings. The van der Waals surface area contributed by atoms with Gasteiger partial charge in [0.25, 0.3) is 0 Å². The van der Waals surface area contributed by atoms with Crippen LogP contribution in [0, 0.1) is 13.8 Å². The molecule has 142 valence electrons. The molecule has 3 rings (SSSR count). The fraction of sp³-hybridized carbons (Fsp3) is 0.316. The first-order chi connectivity index (χ1) is 12.9. The van der Waals surface area contributed by atoms with E-state index in [0.29, 0.717) is 17.9 Å². The van der Waals surface area contributed by atoms with Gasteiger partial charge >= 0.3 is 11.7 Å². The molecule has 0 saturated carbocycles. The smallest absolute Gasteiger partial charge is 0.336 e. The lowest BCUT2D eigenvalue weighted by Crippen LogP contribution is -2.36. The van der Waals surface area contributed by atoms with E-state index in [4.69, 9.17) is 9.15 Å². The summed E-state index contributed by atoms with van der Waals surface area (Å²) in [6, 6.07) is 6.10. The van der Waals surface area contributed by atoms with Gasteiger partial charge in [0, 0.05) is 37.5 Å². The third kappa shape index (κ3) is 4.01. The van der Waals surface area contributed by atoms with Crippen molar-refractivity contribution in [3.63, 3.8) is 0 Å². The second-order valence-electron chi connectivity index (χ2n) is 6.40. The second kappa shape index (κ2) is 7.63. The Bertz CT molecular complexity index is 1040. The second-order valence-corrected chi connectivity index (χ2v) is 6.40. The maximum absolute atomic E-state index is 12.6. The predicted molar refractivity (Wildman–Crippen MR) is 102 cm³/mol. The monoisotopic (exact) mass is 370 g/mol. The highest BCUT2D eigenvalue weighted by Crippen LogP contribution is 2.25. The molecule has 2 heterocycles. The SMILES string of the molecule is COC[C@H](NC(=O)Nc1cc2c(C)cc(=O)oc2cc1C)c1ccnn1C. The number of hydrogen-bond donors (Lipinski definition) is 2. The Morgan fingerprint density at radius 1 is 1.30 bits per heavy atom. The number of amides is 2. The summed E-state index contributed by atoms with van der Waals surface area (Å²) in [6.07, 6.45) is 1.67. The Balaban J connectivity index is 1.83. The molecular formula is C19H22N4O4. The van der Waals surface area contributed by atoms with E-state index in [9.17, 15) is 9.59 Å². The van der Waals surface area contributed by atoms with Crippen molar-refractivity contribution in [2.24, 2.45) is 7.05 Å². The van der Waals surface area contributed by atoms with E-state index in [2.05, 4.69) is 15.7 Å². The Kier molecular flexibility index (Phi) is 5.27. The Labute approximate surface area is 156 Å². The minimum atomic E-state index is -0.392.